The minimum Gasteiger partial charge on any atom is -0.468 e. The molecule has 2 amide bonds. The van der Waals surface area contributed by atoms with Gasteiger partial charge in [-0.2, -0.15) is 0 Å². The molecule has 0 bridgehead atoms. The molecule has 184 valence electrons. The number of carbonyl (C=O) groups is 4. The zero-order valence-corrected chi connectivity index (χ0v) is 21.1. The molecular formula is C19H34N3O8PS. The molecular weight excluding hydrogens is 461 g/mol. The van der Waals surface area contributed by atoms with Crippen molar-refractivity contribution in [2.75, 3.05) is 32.6 Å². The van der Waals surface area contributed by atoms with E-state index in [1.165, 1.54) is 14.0 Å². The lowest BCUT2D eigenvalue weighted by Crippen LogP contribution is -2.52. The van der Waals surface area contributed by atoms with Crippen molar-refractivity contribution >= 4 is 42.4 Å². The summed E-state index contributed by atoms with van der Waals surface area (Å²) in [5, 5.41) is 7.83. The normalized spacial score (nSPS) is 23.3. The lowest BCUT2D eigenvalue weighted by Gasteiger charge is -2.41. The Kier molecular flexibility index (Phi) is 11.3. The summed E-state index contributed by atoms with van der Waals surface area (Å²) in [6.45, 7) is 8.73. The fraction of sp³-hybridized carbons (Fsp3) is 0.789. The number of hydrogen-bond donors (Lipinski definition) is 3. The van der Waals surface area contributed by atoms with Crippen molar-refractivity contribution in [2.45, 2.75) is 53.2 Å². The van der Waals surface area contributed by atoms with E-state index in [0.29, 0.717) is 12.3 Å². The molecule has 0 saturated carbocycles. The summed E-state index contributed by atoms with van der Waals surface area (Å²) in [6.07, 6.45) is -1.09. The fourth-order valence-electron chi connectivity index (χ4n) is 2.75. The van der Waals surface area contributed by atoms with Crippen LogP contribution in [0.3, 0.4) is 0 Å². The molecule has 0 aromatic carbocycles. The van der Waals surface area contributed by atoms with Gasteiger partial charge in [0, 0.05) is 37.6 Å². The highest BCUT2D eigenvalue weighted by atomic mass is 32.2. The molecule has 1 aliphatic heterocycles. The third-order valence-corrected chi connectivity index (χ3v) is 6.96. The van der Waals surface area contributed by atoms with Crippen molar-refractivity contribution in [3.05, 3.63) is 0 Å². The van der Waals surface area contributed by atoms with Gasteiger partial charge in [-0.25, -0.2) is 9.65 Å². The quantitative estimate of drug-likeness (QED) is 0.217. The van der Waals surface area contributed by atoms with Crippen LogP contribution < -0.4 is 15.7 Å². The van der Waals surface area contributed by atoms with Gasteiger partial charge in [-0.1, -0.05) is 39.5 Å². The average Bonchev–Trinajstić information content (AvgIpc) is 2.70. The second-order valence-corrected chi connectivity index (χ2v) is 11.3. The van der Waals surface area contributed by atoms with Crippen LogP contribution in [0.25, 0.3) is 0 Å². The monoisotopic (exact) mass is 495 g/mol. The Hall–Kier alpha value is -1.46. The fourth-order valence-corrected chi connectivity index (χ4v) is 5.34. The van der Waals surface area contributed by atoms with Gasteiger partial charge in [0.2, 0.25) is 11.8 Å². The van der Waals surface area contributed by atoms with Crippen LogP contribution in [-0.4, -0.2) is 67.6 Å². The van der Waals surface area contributed by atoms with Gasteiger partial charge >= 0.3 is 13.7 Å². The second kappa shape index (κ2) is 12.7. The number of rotatable bonds is 11. The molecule has 32 heavy (non-hydrogen) atoms. The van der Waals surface area contributed by atoms with Gasteiger partial charge in [-0.05, 0) is 5.92 Å². The number of methoxy groups -OCH3 is 1. The van der Waals surface area contributed by atoms with Crippen molar-refractivity contribution in [3.8, 4) is 0 Å². The summed E-state index contributed by atoms with van der Waals surface area (Å²) in [7, 11) is -2.76. The molecule has 0 spiro atoms. The first-order valence-corrected chi connectivity index (χ1v) is 12.8. The molecule has 1 heterocycles. The zero-order chi connectivity index (χ0) is 24.5. The Morgan fingerprint density at radius 3 is 2.41 bits per heavy atom. The number of esters is 1. The Morgan fingerprint density at radius 2 is 1.84 bits per heavy atom. The summed E-state index contributed by atoms with van der Waals surface area (Å²) in [6, 6.07) is -0.944. The molecule has 11 nitrogen and oxygen atoms in total. The molecule has 1 rings (SSSR count). The highest BCUT2D eigenvalue weighted by Gasteiger charge is 2.49. The summed E-state index contributed by atoms with van der Waals surface area (Å²) in [5.74, 6) is -1.23. The van der Waals surface area contributed by atoms with E-state index >= 15 is 0 Å². The molecule has 0 unspecified atom stereocenters. The molecule has 13 heteroatoms. The number of carbonyl (C=O) groups excluding carboxylic acids is 4. The summed E-state index contributed by atoms with van der Waals surface area (Å²) in [4.78, 5) is 47.4. The van der Waals surface area contributed by atoms with E-state index < -0.39 is 37.2 Å². The van der Waals surface area contributed by atoms with E-state index in [0.717, 1.165) is 11.8 Å². The Bertz CT molecular complexity index is 746. The van der Waals surface area contributed by atoms with Gasteiger partial charge in [-0.15, -0.1) is 0 Å². The van der Waals surface area contributed by atoms with E-state index in [2.05, 4.69) is 15.7 Å². The average molecular weight is 496 g/mol. The van der Waals surface area contributed by atoms with Gasteiger partial charge in [0.1, 0.15) is 6.04 Å². The molecule has 0 radical (unpaired) electrons. The van der Waals surface area contributed by atoms with Crippen LogP contribution >= 0.6 is 19.5 Å². The molecule has 0 aromatic rings. The van der Waals surface area contributed by atoms with Gasteiger partial charge < -0.3 is 15.4 Å². The smallest absolute Gasteiger partial charge is 0.407 e. The van der Waals surface area contributed by atoms with Crippen molar-refractivity contribution in [1.29, 1.82) is 0 Å². The molecule has 0 aromatic heterocycles. The molecule has 3 N–H and O–H groups in total. The Morgan fingerprint density at radius 1 is 1.19 bits per heavy atom. The van der Waals surface area contributed by atoms with Crippen molar-refractivity contribution < 1.29 is 37.5 Å². The van der Waals surface area contributed by atoms with E-state index in [9.17, 15) is 23.7 Å². The predicted molar refractivity (Wildman–Crippen MR) is 120 cm³/mol. The molecule has 1 fully saturated rings. The molecule has 1 saturated heterocycles. The number of amides is 2. The summed E-state index contributed by atoms with van der Waals surface area (Å²) < 4.78 is 28.8. The maximum absolute atomic E-state index is 13.1. The molecule has 3 atom stereocenters. The van der Waals surface area contributed by atoms with E-state index in [-0.39, 0.29) is 36.5 Å². The highest BCUT2D eigenvalue weighted by Crippen LogP contribution is 2.53. The Balaban J connectivity index is 2.65. The maximum Gasteiger partial charge on any atom is 0.407 e. The van der Waals surface area contributed by atoms with E-state index in [4.69, 9.17) is 13.8 Å². The molecule has 1 aliphatic rings. The summed E-state index contributed by atoms with van der Waals surface area (Å²) >= 11 is 1.12. The lowest BCUT2D eigenvalue weighted by atomic mass is 9.87. The first kappa shape index (κ1) is 28.6. The van der Waals surface area contributed by atoms with E-state index in [1.54, 1.807) is 27.7 Å². The largest absolute Gasteiger partial charge is 0.468 e. The van der Waals surface area contributed by atoms with Gasteiger partial charge in [0.25, 0.3) is 0 Å². The van der Waals surface area contributed by atoms with Crippen molar-refractivity contribution in [3.63, 3.8) is 0 Å². The number of hydrogen-bond acceptors (Lipinski definition) is 9. The third kappa shape index (κ3) is 9.19. The number of ether oxygens (including phenoxy) is 1. The van der Waals surface area contributed by atoms with Crippen molar-refractivity contribution in [1.82, 2.24) is 15.7 Å². The molecule has 0 aliphatic carbocycles. The minimum absolute atomic E-state index is 0.0244. The standard InChI is InChI=1S/C19H34N3O8PS/c1-12(2)15(18(26)28-6)22-31(27)29-11-19(4,5)16(30-31)17(25)21-8-7-14(24)20-9-10-32-13(3)23/h12,15-16H,7-11H2,1-6H3,(H,20,24)(H,21,25)(H,22,27)/t15-,16-,31+/m0/s1. The first-order chi connectivity index (χ1) is 14.8. The van der Waals surface area contributed by atoms with Gasteiger partial charge in [0.05, 0.1) is 13.7 Å². The van der Waals surface area contributed by atoms with Crippen LogP contribution in [0.2, 0.25) is 0 Å². The van der Waals surface area contributed by atoms with Crippen molar-refractivity contribution in [2.24, 2.45) is 11.3 Å². The van der Waals surface area contributed by atoms with Gasteiger partial charge in [0.15, 0.2) is 11.2 Å². The zero-order valence-electron chi connectivity index (χ0n) is 19.4. The number of thioether (sulfide) groups is 1. The van der Waals surface area contributed by atoms with Gasteiger partial charge in [-0.3, -0.25) is 28.2 Å². The van der Waals surface area contributed by atoms with Crippen LogP contribution in [-0.2, 0) is 37.5 Å². The first-order valence-electron chi connectivity index (χ1n) is 10.3. The van der Waals surface area contributed by atoms with E-state index in [1.807, 2.05) is 0 Å². The third-order valence-electron chi connectivity index (χ3n) is 4.60. The summed E-state index contributed by atoms with van der Waals surface area (Å²) in [5.41, 5.74) is -0.801. The topological polar surface area (TPSA) is 149 Å². The van der Waals surface area contributed by atoms with Crippen LogP contribution in [0.1, 0.15) is 41.0 Å². The van der Waals surface area contributed by atoms with Crippen LogP contribution in [0.5, 0.6) is 0 Å². The SMILES string of the molecule is COC(=O)[C@@H](N[P@@]1(=O)OCC(C)(C)[C@H](C(=O)NCCC(=O)NCCSC(C)=O)O1)C(C)C. The maximum atomic E-state index is 13.1. The van der Waals surface area contributed by atoms with Crippen LogP contribution in [0, 0.1) is 11.3 Å². The Labute approximate surface area is 193 Å². The number of nitrogens with one attached hydrogen (secondary N) is 3. The van der Waals surface area contributed by atoms with Crippen LogP contribution in [0.4, 0.5) is 0 Å². The predicted octanol–water partition coefficient (Wildman–Crippen LogP) is 1.23. The highest BCUT2D eigenvalue weighted by molar-refractivity contribution is 8.13. The lowest BCUT2D eigenvalue weighted by molar-refractivity contribution is -0.144. The second-order valence-electron chi connectivity index (χ2n) is 8.35. The minimum atomic E-state index is -3.98. The van der Waals surface area contributed by atoms with Crippen LogP contribution in [0.15, 0.2) is 0 Å².